The summed E-state index contributed by atoms with van der Waals surface area (Å²) in [7, 11) is 0. The van der Waals surface area contributed by atoms with Gasteiger partial charge in [0.1, 0.15) is 40.3 Å². The fourth-order valence-electron chi connectivity index (χ4n) is 3.04. The summed E-state index contributed by atoms with van der Waals surface area (Å²) in [5.41, 5.74) is -1.42. The number of benzene rings is 2. The van der Waals surface area contributed by atoms with Crippen LogP contribution < -0.4 is 19.6 Å². The molecule has 0 radical (unpaired) electrons. The second kappa shape index (κ2) is 8.46. The van der Waals surface area contributed by atoms with Crippen molar-refractivity contribution in [3.63, 3.8) is 0 Å². The Bertz CT molecular complexity index is 1260. The molecule has 168 valence electrons. The van der Waals surface area contributed by atoms with Gasteiger partial charge in [0.15, 0.2) is 11.3 Å². The van der Waals surface area contributed by atoms with E-state index in [9.17, 15) is 9.90 Å². The van der Waals surface area contributed by atoms with E-state index in [1.165, 1.54) is 6.07 Å². The molecule has 6 heteroatoms. The minimum absolute atomic E-state index is 0.0519. The van der Waals surface area contributed by atoms with Gasteiger partial charge in [-0.3, -0.25) is 4.79 Å². The maximum absolute atomic E-state index is 13.2. The van der Waals surface area contributed by atoms with E-state index in [4.69, 9.17) is 18.6 Å². The van der Waals surface area contributed by atoms with Crippen LogP contribution in [0.5, 0.6) is 23.0 Å². The average Bonchev–Trinajstić information content (AvgIpc) is 2.72. The fraction of sp³-hybridized carbons (Fsp3) is 0.269. The number of phenols is 1. The number of hydrogen-bond donors (Lipinski definition) is 1. The molecule has 0 amide bonds. The van der Waals surface area contributed by atoms with Crippen LogP contribution in [0.2, 0.25) is 0 Å². The van der Waals surface area contributed by atoms with Crippen LogP contribution in [0.4, 0.5) is 0 Å². The molecule has 0 spiro atoms. The molecule has 32 heavy (non-hydrogen) atoms. The summed E-state index contributed by atoms with van der Waals surface area (Å²) in [6.07, 6.45) is 4.88. The molecule has 1 aromatic heterocycles. The summed E-state index contributed by atoms with van der Waals surface area (Å²) in [5, 5.41) is 10.9. The zero-order valence-electron chi connectivity index (χ0n) is 18.9. The van der Waals surface area contributed by atoms with Gasteiger partial charge in [-0.15, -0.1) is 0 Å². The molecule has 3 aromatic rings. The first-order valence-electron chi connectivity index (χ1n) is 10.2. The SMILES string of the molecule is C=CCOc1c(OC(C)(C)C=C)ccc2c(=O)c3c(O)cc(OC(C)(C)C=C)cc3oc12. The quantitative estimate of drug-likeness (QED) is 0.332. The monoisotopic (exact) mass is 436 g/mol. The molecular formula is C26H28O6. The topological polar surface area (TPSA) is 78.1 Å². The number of rotatable bonds is 9. The predicted molar refractivity (Wildman–Crippen MR) is 127 cm³/mol. The fourth-order valence-corrected chi connectivity index (χ4v) is 3.04. The molecule has 0 saturated carbocycles. The van der Waals surface area contributed by atoms with Gasteiger partial charge in [0.05, 0.1) is 5.39 Å². The van der Waals surface area contributed by atoms with Crippen LogP contribution in [0.25, 0.3) is 21.9 Å². The van der Waals surface area contributed by atoms with E-state index in [0.29, 0.717) is 11.5 Å². The lowest BCUT2D eigenvalue weighted by molar-refractivity contribution is 0.154. The van der Waals surface area contributed by atoms with E-state index in [1.807, 2.05) is 27.7 Å². The van der Waals surface area contributed by atoms with Crippen LogP contribution in [0.1, 0.15) is 27.7 Å². The molecule has 0 aliphatic rings. The smallest absolute Gasteiger partial charge is 0.205 e. The Morgan fingerprint density at radius 1 is 1.03 bits per heavy atom. The average molecular weight is 437 g/mol. The second-order valence-corrected chi connectivity index (χ2v) is 8.44. The molecule has 1 heterocycles. The Morgan fingerprint density at radius 3 is 2.31 bits per heavy atom. The van der Waals surface area contributed by atoms with Crippen molar-refractivity contribution in [2.24, 2.45) is 0 Å². The van der Waals surface area contributed by atoms with E-state index in [-0.39, 0.29) is 40.0 Å². The van der Waals surface area contributed by atoms with Crippen LogP contribution in [0, 0.1) is 0 Å². The summed E-state index contributed by atoms with van der Waals surface area (Å²) >= 11 is 0. The Morgan fingerprint density at radius 2 is 1.69 bits per heavy atom. The Kier molecular flexibility index (Phi) is 6.08. The summed E-state index contributed by atoms with van der Waals surface area (Å²) in [5.74, 6) is 0.732. The van der Waals surface area contributed by atoms with Gasteiger partial charge in [0.2, 0.25) is 11.2 Å². The third-order valence-electron chi connectivity index (χ3n) is 4.90. The van der Waals surface area contributed by atoms with Crippen LogP contribution in [-0.4, -0.2) is 22.9 Å². The van der Waals surface area contributed by atoms with Crippen molar-refractivity contribution in [3.8, 4) is 23.0 Å². The zero-order valence-corrected chi connectivity index (χ0v) is 18.9. The minimum Gasteiger partial charge on any atom is -0.507 e. The maximum atomic E-state index is 13.2. The minimum atomic E-state index is -0.688. The summed E-state index contributed by atoms with van der Waals surface area (Å²) in [4.78, 5) is 13.2. The van der Waals surface area contributed by atoms with Gasteiger partial charge in [0.25, 0.3) is 0 Å². The molecule has 0 fully saturated rings. The second-order valence-electron chi connectivity index (χ2n) is 8.44. The summed E-state index contributed by atoms with van der Waals surface area (Å²) in [6.45, 7) is 18.7. The Hall–Kier alpha value is -3.67. The number of ether oxygens (including phenoxy) is 3. The van der Waals surface area contributed by atoms with Crippen LogP contribution in [0.3, 0.4) is 0 Å². The van der Waals surface area contributed by atoms with Crippen LogP contribution >= 0.6 is 0 Å². The predicted octanol–water partition coefficient (Wildman–Crippen LogP) is 5.90. The molecule has 0 atom stereocenters. The largest absolute Gasteiger partial charge is 0.507 e. The van der Waals surface area contributed by atoms with Crippen molar-refractivity contribution in [1.82, 2.24) is 0 Å². The third kappa shape index (κ3) is 4.49. The van der Waals surface area contributed by atoms with Crippen molar-refractivity contribution in [2.75, 3.05) is 6.61 Å². The van der Waals surface area contributed by atoms with Gasteiger partial charge < -0.3 is 23.7 Å². The number of fused-ring (bicyclic) bond motifs is 2. The maximum Gasteiger partial charge on any atom is 0.205 e. The first-order valence-corrected chi connectivity index (χ1v) is 10.2. The van der Waals surface area contributed by atoms with E-state index in [0.717, 1.165) is 0 Å². The van der Waals surface area contributed by atoms with E-state index in [1.54, 1.807) is 36.4 Å². The molecule has 0 aliphatic heterocycles. The lowest BCUT2D eigenvalue weighted by Gasteiger charge is -2.24. The lowest BCUT2D eigenvalue weighted by atomic mass is 10.1. The molecule has 0 unspecified atom stereocenters. The van der Waals surface area contributed by atoms with Crippen molar-refractivity contribution < 1.29 is 23.7 Å². The van der Waals surface area contributed by atoms with Crippen LogP contribution in [0.15, 0.2) is 71.4 Å². The van der Waals surface area contributed by atoms with E-state index in [2.05, 4.69) is 19.7 Å². The molecular weight excluding hydrogens is 408 g/mol. The number of aromatic hydroxyl groups is 1. The highest BCUT2D eigenvalue weighted by Gasteiger charge is 2.24. The van der Waals surface area contributed by atoms with Crippen molar-refractivity contribution in [3.05, 3.63) is 72.5 Å². The lowest BCUT2D eigenvalue weighted by Crippen LogP contribution is -2.25. The Labute approximate surface area is 187 Å². The standard InChI is InChI=1S/C26H28O6/c1-8-13-29-24-19(32-26(6,7)10-3)12-11-17-22(28)21-18(27)14-16(31-25(4,5)9-2)15-20(21)30-23(17)24/h8-12,14-15,27H,1-3,13H2,4-7H3. The van der Waals surface area contributed by atoms with E-state index >= 15 is 0 Å². The van der Waals surface area contributed by atoms with Gasteiger partial charge in [-0.05, 0) is 52.0 Å². The number of hydrogen-bond acceptors (Lipinski definition) is 6. The highest BCUT2D eigenvalue weighted by molar-refractivity contribution is 5.96. The zero-order chi connectivity index (χ0) is 23.7. The van der Waals surface area contributed by atoms with Crippen molar-refractivity contribution >= 4 is 21.9 Å². The first kappa shape index (κ1) is 23.0. The summed E-state index contributed by atoms with van der Waals surface area (Å²) < 4.78 is 23.8. The van der Waals surface area contributed by atoms with Gasteiger partial charge in [-0.1, -0.05) is 25.8 Å². The van der Waals surface area contributed by atoms with Crippen molar-refractivity contribution in [1.29, 1.82) is 0 Å². The third-order valence-corrected chi connectivity index (χ3v) is 4.90. The molecule has 0 saturated heterocycles. The normalized spacial score (nSPS) is 11.9. The molecule has 6 nitrogen and oxygen atoms in total. The van der Waals surface area contributed by atoms with Gasteiger partial charge in [-0.2, -0.15) is 0 Å². The number of phenolic OH excluding ortho intramolecular Hbond substituents is 1. The van der Waals surface area contributed by atoms with Gasteiger partial charge >= 0.3 is 0 Å². The molecule has 2 aromatic carbocycles. The first-order chi connectivity index (χ1) is 15.0. The molecule has 3 rings (SSSR count). The molecule has 0 bridgehead atoms. The summed E-state index contributed by atoms with van der Waals surface area (Å²) in [6, 6.07) is 6.16. The highest BCUT2D eigenvalue weighted by atomic mass is 16.5. The van der Waals surface area contributed by atoms with Gasteiger partial charge in [-0.25, -0.2) is 0 Å². The van der Waals surface area contributed by atoms with Crippen molar-refractivity contribution in [2.45, 2.75) is 38.9 Å². The Balaban J connectivity index is 2.31. The molecule has 0 aliphatic carbocycles. The molecule has 1 N–H and O–H groups in total. The van der Waals surface area contributed by atoms with Gasteiger partial charge in [0, 0.05) is 12.1 Å². The highest BCUT2D eigenvalue weighted by Crippen LogP contribution is 2.40. The van der Waals surface area contributed by atoms with Crippen LogP contribution in [-0.2, 0) is 0 Å². The van der Waals surface area contributed by atoms with E-state index < -0.39 is 16.6 Å².